The summed E-state index contributed by atoms with van der Waals surface area (Å²) >= 11 is 3.55. The van der Waals surface area contributed by atoms with Gasteiger partial charge in [-0.05, 0) is 33.6 Å². The lowest BCUT2D eigenvalue weighted by molar-refractivity contribution is -0.159. The molecule has 0 bridgehead atoms. The van der Waals surface area contributed by atoms with Gasteiger partial charge < -0.3 is 9.84 Å². The molecular formula is C20H14BrF3N6O. The third-order valence-electron chi connectivity index (χ3n) is 4.26. The first-order valence-electron chi connectivity index (χ1n) is 9.03. The number of anilines is 1. The maximum absolute atomic E-state index is 12.6. The summed E-state index contributed by atoms with van der Waals surface area (Å²) in [5.41, 5.74) is 2.93. The Morgan fingerprint density at radius 2 is 1.81 bits per heavy atom. The van der Waals surface area contributed by atoms with Crippen molar-refractivity contribution < 1.29 is 17.7 Å². The first-order valence-corrected chi connectivity index (χ1v) is 9.83. The van der Waals surface area contributed by atoms with Gasteiger partial charge in [-0.2, -0.15) is 18.2 Å². The largest absolute Gasteiger partial charge is 0.471 e. The van der Waals surface area contributed by atoms with Crippen LogP contribution in [-0.4, -0.2) is 25.1 Å². The number of nitrogens with zero attached hydrogens (tertiary/aromatic N) is 5. The first-order chi connectivity index (χ1) is 14.9. The average Bonchev–Trinajstić information content (AvgIpc) is 3.26. The second-order valence-electron chi connectivity index (χ2n) is 6.46. The van der Waals surface area contributed by atoms with Crippen molar-refractivity contribution in [1.82, 2.24) is 25.1 Å². The third kappa shape index (κ3) is 5.05. The third-order valence-corrected chi connectivity index (χ3v) is 5.10. The maximum Gasteiger partial charge on any atom is 0.471 e. The molecular weight excluding hydrogens is 477 g/mol. The highest BCUT2D eigenvalue weighted by Gasteiger charge is 2.38. The van der Waals surface area contributed by atoms with Crippen molar-refractivity contribution in [3.05, 3.63) is 82.3 Å². The highest BCUT2D eigenvalue weighted by atomic mass is 79.9. The Morgan fingerprint density at radius 1 is 1.00 bits per heavy atom. The summed E-state index contributed by atoms with van der Waals surface area (Å²) in [7, 11) is 0. The van der Waals surface area contributed by atoms with Gasteiger partial charge in [0.25, 0.3) is 0 Å². The van der Waals surface area contributed by atoms with Gasteiger partial charge in [0.15, 0.2) is 0 Å². The van der Waals surface area contributed by atoms with E-state index in [9.17, 15) is 13.2 Å². The van der Waals surface area contributed by atoms with E-state index >= 15 is 0 Å². The van der Waals surface area contributed by atoms with Gasteiger partial charge in [-0.25, -0.2) is 9.97 Å². The number of rotatable bonds is 6. The molecule has 0 aliphatic carbocycles. The van der Waals surface area contributed by atoms with Crippen LogP contribution < -0.4 is 5.32 Å². The van der Waals surface area contributed by atoms with Gasteiger partial charge in [0.05, 0.1) is 22.4 Å². The molecule has 0 unspecified atom stereocenters. The molecule has 0 amide bonds. The Morgan fingerprint density at radius 3 is 2.48 bits per heavy atom. The molecule has 31 heavy (non-hydrogen) atoms. The van der Waals surface area contributed by atoms with E-state index in [-0.39, 0.29) is 5.82 Å². The minimum atomic E-state index is -4.69. The molecule has 1 N–H and O–H groups in total. The predicted octanol–water partition coefficient (Wildman–Crippen LogP) is 4.91. The van der Waals surface area contributed by atoms with Crippen molar-refractivity contribution in [2.24, 2.45) is 0 Å². The molecule has 1 aromatic carbocycles. The van der Waals surface area contributed by atoms with Crippen molar-refractivity contribution >= 4 is 21.7 Å². The second kappa shape index (κ2) is 8.80. The summed E-state index contributed by atoms with van der Waals surface area (Å²) in [6.45, 7) is 0.348. The van der Waals surface area contributed by atoms with Crippen molar-refractivity contribution in [3.63, 3.8) is 0 Å². The van der Waals surface area contributed by atoms with Gasteiger partial charge in [-0.1, -0.05) is 35.5 Å². The number of hydrogen-bond donors (Lipinski definition) is 1. The van der Waals surface area contributed by atoms with E-state index in [2.05, 4.69) is 50.9 Å². The molecule has 0 aliphatic rings. The predicted molar refractivity (Wildman–Crippen MR) is 109 cm³/mol. The number of nitrogens with one attached hydrogen (secondary N) is 1. The fourth-order valence-electron chi connectivity index (χ4n) is 2.73. The maximum atomic E-state index is 12.6. The van der Waals surface area contributed by atoms with Crippen LogP contribution >= 0.6 is 15.9 Å². The molecule has 0 atom stereocenters. The van der Waals surface area contributed by atoms with Crippen LogP contribution in [0.4, 0.5) is 19.0 Å². The Hall–Kier alpha value is -3.34. The van der Waals surface area contributed by atoms with Crippen LogP contribution in [0.15, 0.2) is 64.0 Å². The van der Waals surface area contributed by atoms with Crippen LogP contribution in [0.1, 0.15) is 22.8 Å². The number of hydrogen-bond acceptors (Lipinski definition) is 7. The fraction of sp³-hybridized carbons (Fsp3) is 0.150. The van der Waals surface area contributed by atoms with Crippen molar-refractivity contribution in [2.45, 2.75) is 19.1 Å². The fourth-order valence-corrected chi connectivity index (χ4v) is 3.22. The number of aromatic nitrogens is 5. The zero-order valence-electron chi connectivity index (χ0n) is 15.8. The lowest BCUT2D eigenvalue weighted by Gasteiger charge is -2.10. The van der Waals surface area contributed by atoms with Crippen LogP contribution in [0.2, 0.25) is 0 Å². The summed E-state index contributed by atoms with van der Waals surface area (Å²) in [6.07, 6.45) is -1.17. The summed E-state index contributed by atoms with van der Waals surface area (Å²) in [4.78, 5) is 16.2. The van der Waals surface area contributed by atoms with E-state index in [0.717, 1.165) is 15.7 Å². The first kappa shape index (κ1) is 20.9. The standard InChI is InChI=1S/C20H14BrF3N6O/c21-16-15(8-12-4-2-1-3-5-12)27-11-28-18(16)26-10-14-7-6-13(9-25-14)17-29-19(31-30-17)20(22,23)24/h1-7,9,11H,8,10H2,(H,26,27,28). The summed E-state index contributed by atoms with van der Waals surface area (Å²) in [5.74, 6) is -0.962. The van der Waals surface area contributed by atoms with Gasteiger partial charge in [0.1, 0.15) is 12.1 Å². The van der Waals surface area contributed by atoms with Gasteiger partial charge >= 0.3 is 12.1 Å². The minimum absolute atomic E-state index is 0.177. The SMILES string of the molecule is FC(F)(F)c1nc(-c2ccc(CNc3ncnc(Cc4ccccc4)c3Br)nc2)no1. The van der Waals surface area contributed by atoms with Crippen LogP contribution in [0.3, 0.4) is 0 Å². The highest BCUT2D eigenvalue weighted by molar-refractivity contribution is 9.10. The van der Waals surface area contributed by atoms with Crippen LogP contribution in [0.25, 0.3) is 11.4 Å². The zero-order chi connectivity index (χ0) is 21.8. The quantitative estimate of drug-likeness (QED) is 0.410. The van der Waals surface area contributed by atoms with E-state index < -0.39 is 12.1 Å². The number of pyridine rings is 1. The topological polar surface area (TPSA) is 89.6 Å². The second-order valence-corrected chi connectivity index (χ2v) is 7.25. The normalized spacial score (nSPS) is 11.5. The monoisotopic (exact) mass is 490 g/mol. The van der Waals surface area contributed by atoms with E-state index in [1.54, 1.807) is 12.1 Å². The van der Waals surface area contributed by atoms with Crippen molar-refractivity contribution in [1.29, 1.82) is 0 Å². The molecule has 3 heterocycles. The van der Waals surface area contributed by atoms with Crippen molar-refractivity contribution in [3.8, 4) is 11.4 Å². The van der Waals surface area contributed by atoms with E-state index in [1.165, 1.54) is 12.5 Å². The molecule has 0 saturated heterocycles. The molecule has 7 nitrogen and oxygen atoms in total. The molecule has 158 valence electrons. The molecule has 0 saturated carbocycles. The Kier molecular flexibility index (Phi) is 5.94. The number of halogens is 4. The molecule has 3 aromatic heterocycles. The lowest BCUT2D eigenvalue weighted by atomic mass is 10.1. The molecule has 4 aromatic rings. The highest BCUT2D eigenvalue weighted by Crippen LogP contribution is 2.29. The minimum Gasteiger partial charge on any atom is -0.363 e. The summed E-state index contributed by atoms with van der Waals surface area (Å²) in [5, 5.41) is 6.53. The summed E-state index contributed by atoms with van der Waals surface area (Å²) in [6, 6.07) is 13.2. The lowest BCUT2D eigenvalue weighted by Crippen LogP contribution is -2.06. The molecule has 4 rings (SSSR count). The molecule has 0 fully saturated rings. The Balaban J connectivity index is 1.43. The zero-order valence-corrected chi connectivity index (χ0v) is 17.4. The van der Waals surface area contributed by atoms with E-state index in [1.807, 2.05) is 30.3 Å². The Bertz CT molecular complexity index is 1170. The van der Waals surface area contributed by atoms with Gasteiger partial charge in [-0.3, -0.25) is 4.98 Å². The Labute approximate surface area is 182 Å². The van der Waals surface area contributed by atoms with E-state index in [4.69, 9.17) is 0 Å². The van der Waals surface area contributed by atoms with Crippen LogP contribution in [-0.2, 0) is 19.1 Å². The molecule has 0 spiro atoms. The van der Waals surface area contributed by atoms with Crippen LogP contribution in [0, 0.1) is 0 Å². The molecule has 0 radical (unpaired) electrons. The van der Waals surface area contributed by atoms with Gasteiger partial charge in [0, 0.05) is 18.2 Å². The summed E-state index contributed by atoms with van der Waals surface area (Å²) < 4.78 is 42.8. The van der Waals surface area contributed by atoms with Gasteiger partial charge in [0.2, 0.25) is 5.82 Å². The molecule has 0 aliphatic heterocycles. The van der Waals surface area contributed by atoms with E-state index in [0.29, 0.717) is 30.0 Å². The van der Waals surface area contributed by atoms with Crippen LogP contribution in [0.5, 0.6) is 0 Å². The van der Waals surface area contributed by atoms with Crippen molar-refractivity contribution in [2.75, 3.05) is 5.32 Å². The number of benzene rings is 1. The average molecular weight is 491 g/mol. The van der Waals surface area contributed by atoms with Gasteiger partial charge in [-0.15, -0.1) is 0 Å². The number of alkyl halides is 3. The molecule has 11 heteroatoms. The smallest absolute Gasteiger partial charge is 0.363 e.